The Bertz CT molecular complexity index is 356. The molecule has 1 heterocycles. The molecule has 0 aromatic rings. The van der Waals surface area contributed by atoms with Crippen LogP contribution >= 0.6 is 24.0 Å². The Labute approximate surface area is 137 Å². The van der Waals surface area contributed by atoms with Gasteiger partial charge in [0.1, 0.15) is 18.8 Å². The average molecular weight is 332 g/mol. The van der Waals surface area contributed by atoms with Gasteiger partial charge in [0.15, 0.2) is 12.4 Å². The quantitative estimate of drug-likeness (QED) is 0.386. The summed E-state index contributed by atoms with van der Waals surface area (Å²) in [6, 6.07) is 0. The number of thioether (sulfide) groups is 1. The SMILES string of the molecule is C#CCO[C@H]1[C@H](OC)O[C@@H](CCCCC)[C@@H]1OC(=S)SC. The minimum atomic E-state index is -0.473. The Morgan fingerprint density at radius 2 is 2.14 bits per heavy atom. The van der Waals surface area contributed by atoms with Crippen LogP contribution in [0, 0.1) is 12.3 Å². The molecular weight excluding hydrogens is 308 g/mol. The third-order valence-electron chi connectivity index (χ3n) is 3.35. The van der Waals surface area contributed by atoms with E-state index in [1.54, 1.807) is 7.11 Å². The van der Waals surface area contributed by atoms with Gasteiger partial charge in [-0.2, -0.15) is 0 Å². The van der Waals surface area contributed by atoms with Crippen molar-refractivity contribution in [2.75, 3.05) is 20.0 Å². The number of terminal acetylenes is 1. The molecule has 1 saturated heterocycles. The maximum absolute atomic E-state index is 5.92. The molecule has 0 bridgehead atoms. The fraction of sp³-hybridized carbons (Fsp3) is 0.800. The molecule has 0 aromatic heterocycles. The second kappa shape index (κ2) is 10.4. The lowest BCUT2D eigenvalue weighted by molar-refractivity contribution is -0.159. The average Bonchev–Trinajstić information content (AvgIpc) is 2.82. The van der Waals surface area contributed by atoms with Crippen molar-refractivity contribution in [3.05, 3.63) is 0 Å². The molecule has 1 fully saturated rings. The van der Waals surface area contributed by atoms with Gasteiger partial charge in [0.2, 0.25) is 4.38 Å². The number of hydrogen-bond donors (Lipinski definition) is 0. The Morgan fingerprint density at radius 3 is 2.71 bits per heavy atom. The number of unbranched alkanes of at least 4 members (excludes halogenated alkanes) is 2. The fourth-order valence-corrected chi connectivity index (χ4v) is 2.65. The molecule has 0 aromatic carbocycles. The Hall–Kier alpha value is -0.320. The summed E-state index contributed by atoms with van der Waals surface area (Å²) in [6.45, 7) is 2.37. The summed E-state index contributed by atoms with van der Waals surface area (Å²) in [4.78, 5) is 0. The molecule has 0 aliphatic carbocycles. The zero-order valence-electron chi connectivity index (χ0n) is 12.9. The number of ether oxygens (including phenoxy) is 4. The van der Waals surface area contributed by atoms with Crippen LogP contribution in [0.5, 0.6) is 0 Å². The summed E-state index contributed by atoms with van der Waals surface area (Å²) < 4.78 is 23.3. The van der Waals surface area contributed by atoms with Crippen LogP contribution in [-0.4, -0.2) is 49.0 Å². The monoisotopic (exact) mass is 332 g/mol. The first kappa shape index (κ1) is 18.7. The largest absolute Gasteiger partial charge is 0.469 e. The Morgan fingerprint density at radius 1 is 1.38 bits per heavy atom. The lowest BCUT2D eigenvalue weighted by Gasteiger charge is -2.24. The predicted octanol–water partition coefficient (Wildman–Crippen LogP) is 2.99. The van der Waals surface area contributed by atoms with Crippen molar-refractivity contribution in [2.24, 2.45) is 0 Å². The molecule has 0 radical (unpaired) electrons. The summed E-state index contributed by atoms with van der Waals surface area (Å²) in [5, 5.41) is 0. The highest BCUT2D eigenvalue weighted by Crippen LogP contribution is 2.31. The molecule has 4 atom stereocenters. The maximum Gasteiger partial charge on any atom is 0.220 e. The molecular formula is C15H24O4S2. The van der Waals surface area contributed by atoms with Crippen LogP contribution in [0.15, 0.2) is 0 Å². The molecule has 0 amide bonds. The fourth-order valence-electron chi connectivity index (χ4n) is 2.33. The first-order valence-corrected chi connectivity index (χ1v) is 8.79. The highest BCUT2D eigenvalue weighted by atomic mass is 32.2. The van der Waals surface area contributed by atoms with Crippen LogP contribution in [0.1, 0.15) is 32.6 Å². The highest BCUT2D eigenvalue weighted by Gasteiger charge is 2.47. The first-order chi connectivity index (χ1) is 10.2. The smallest absolute Gasteiger partial charge is 0.220 e. The minimum absolute atomic E-state index is 0.0885. The summed E-state index contributed by atoms with van der Waals surface area (Å²) >= 11 is 6.56. The van der Waals surface area contributed by atoms with E-state index in [9.17, 15) is 0 Å². The number of thiocarbonyl (C=S) groups is 1. The summed E-state index contributed by atoms with van der Waals surface area (Å²) in [6.07, 6.45) is 10.2. The lowest BCUT2D eigenvalue weighted by Crippen LogP contribution is -2.39. The molecule has 120 valence electrons. The van der Waals surface area contributed by atoms with E-state index in [0.717, 1.165) is 25.7 Å². The predicted molar refractivity (Wildman–Crippen MR) is 89.4 cm³/mol. The van der Waals surface area contributed by atoms with E-state index >= 15 is 0 Å². The van der Waals surface area contributed by atoms with E-state index < -0.39 is 6.29 Å². The summed E-state index contributed by atoms with van der Waals surface area (Å²) in [5.74, 6) is 2.47. The molecule has 0 spiro atoms. The van der Waals surface area contributed by atoms with Crippen LogP contribution in [0.2, 0.25) is 0 Å². The lowest BCUT2D eigenvalue weighted by atomic mass is 10.0. The van der Waals surface area contributed by atoms with Gasteiger partial charge in [0.25, 0.3) is 0 Å². The number of methoxy groups -OCH3 is 1. The van der Waals surface area contributed by atoms with Crippen LogP contribution < -0.4 is 0 Å². The van der Waals surface area contributed by atoms with Crippen molar-refractivity contribution >= 4 is 28.4 Å². The van der Waals surface area contributed by atoms with Gasteiger partial charge in [-0.15, -0.1) is 6.42 Å². The summed E-state index contributed by atoms with van der Waals surface area (Å²) in [7, 11) is 1.59. The third kappa shape index (κ3) is 5.76. The van der Waals surface area contributed by atoms with Gasteiger partial charge in [0, 0.05) is 7.11 Å². The van der Waals surface area contributed by atoms with Crippen molar-refractivity contribution < 1.29 is 18.9 Å². The van der Waals surface area contributed by atoms with E-state index in [0.29, 0.717) is 4.38 Å². The van der Waals surface area contributed by atoms with Crippen molar-refractivity contribution in [1.29, 1.82) is 0 Å². The van der Waals surface area contributed by atoms with Gasteiger partial charge < -0.3 is 18.9 Å². The van der Waals surface area contributed by atoms with Gasteiger partial charge in [-0.05, 0) is 24.9 Å². The van der Waals surface area contributed by atoms with Crippen molar-refractivity contribution in [3.63, 3.8) is 0 Å². The standard InChI is InChI=1S/C15H24O4S2/c1-5-7-8-9-11-12(19-15(20)21-4)13(17-10-6-2)14(16-3)18-11/h2,11-14H,5,7-10H2,1,3-4H3/t11-,12-,13+,14+/m0/s1. The zero-order valence-corrected chi connectivity index (χ0v) is 14.5. The topological polar surface area (TPSA) is 36.9 Å². The molecule has 21 heavy (non-hydrogen) atoms. The van der Waals surface area contributed by atoms with Crippen LogP contribution in [0.25, 0.3) is 0 Å². The van der Waals surface area contributed by atoms with Crippen LogP contribution in [-0.2, 0) is 18.9 Å². The number of hydrogen-bond acceptors (Lipinski definition) is 6. The van der Waals surface area contributed by atoms with Crippen LogP contribution in [0.4, 0.5) is 0 Å². The highest BCUT2D eigenvalue weighted by molar-refractivity contribution is 8.22. The minimum Gasteiger partial charge on any atom is -0.469 e. The van der Waals surface area contributed by atoms with E-state index in [1.165, 1.54) is 11.8 Å². The van der Waals surface area contributed by atoms with Crippen molar-refractivity contribution in [2.45, 2.75) is 57.2 Å². The maximum atomic E-state index is 5.92. The van der Waals surface area contributed by atoms with Crippen molar-refractivity contribution in [3.8, 4) is 12.3 Å². The molecule has 4 nitrogen and oxygen atoms in total. The molecule has 0 unspecified atom stereocenters. The Balaban J connectivity index is 2.74. The van der Waals surface area contributed by atoms with Gasteiger partial charge in [0.05, 0.1) is 0 Å². The normalized spacial score (nSPS) is 28.3. The second-order valence-electron chi connectivity index (χ2n) is 4.79. The van der Waals surface area contributed by atoms with E-state index in [-0.39, 0.29) is 24.9 Å². The third-order valence-corrected chi connectivity index (χ3v) is 4.38. The van der Waals surface area contributed by atoms with Gasteiger partial charge >= 0.3 is 0 Å². The van der Waals surface area contributed by atoms with E-state index in [2.05, 4.69) is 12.8 Å². The molecule has 0 N–H and O–H groups in total. The number of rotatable bonds is 8. The molecule has 1 rings (SSSR count). The van der Waals surface area contributed by atoms with E-state index in [4.69, 9.17) is 37.6 Å². The van der Waals surface area contributed by atoms with Gasteiger partial charge in [-0.1, -0.05) is 43.9 Å². The molecule has 1 aliphatic rings. The van der Waals surface area contributed by atoms with Crippen LogP contribution in [0.3, 0.4) is 0 Å². The Kier molecular flexibility index (Phi) is 9.29. The summed E-state index contributed by atoms with van der Waals surface area (Å²) in [5.41, 5.74) is 0. The molecule has 1 aliphatic heterocycles. The molecule has 6 heteroatoms. The molecule has 0 saturated carbocycles. The first-order valence-electron chi connectivity index (χ1n) is 7.15. The van der Waals surface area contributed by atoms with E-state index in [1.807, 2.05) is 6.26 Å². The second-order valence-corrected chi connectivity index (χ2v) is 6.20. The zero-order chi connectivity index (χ0) is 15.7. The van der Waals surface area contributed by atoms with Crippen molar-refractivity contribution in [1.82, 2.24) is 0 Å². The van der Waals surface area contributed by atoms with Gasteiger partial charge in [-0.25, -0.2) is 0 Å². The van der Waals surface area contributed by atoms with Gasteiger partial charge in [-0.3, -0.25) is 0 Å².